The zero-order valence-electron chi connectivity index (χ0n) is 16.9. The van der Waals surface area contributed by atoms with Gasteiger partial charge in [0.25, 0.3) is 0 Å². The van der Waals surface area contributed by atoms with Crippen molar-refractivity contribution in [3.05, 3.63) is 81.3 Å². The number of nitrogens with zero attached hydrogens (tertiary/aromatic N) is 2. The fourth-order valence-corrected chi connectivity index (χ4v) is 3.50. The summed E-state index contributed by atoms with van der Waals surface area (Å²) in [5, 5.41) is 7.71. The maximum Gasteiger partial charge on any atom is 0.191 e. The fourth-order valence-electron chi connectivity index (χ4n) is 2.62. The molecule has 0 unspecified atom stereocenters. The smallest absolute Gasteiger partial charge is 0.191 e. The fraction of sp³-hybridized carbons (Fsp3) is 0.273. The van der Waals surface area contributed by atoms with E-state index in [0.29, 0.717) is 19.7 Å². The Hall–Kier alpha value is -2.13. The molecule has 5 nitrogen and oxygen atoms in total. The Bertz CT molecular complexity index is 891. The molecule has 29 heavy (non-hydrogen) atoms. The highest BCUT2D eigenvalue weighted by atomic mass is 127. The molecule has 0 saturated heterocycles. The highest BCUT2D eigenvalue weighted by Gasteiger charge is 2.05. The van der Waals surface area contributed by atoms with Crippen LogP contribution < -0.4 is 15.4 Å². The number of ether oxygens (including phenoxy) is 1. The number of guanidine groups is 1. The molecular weight excluding hydrogens is 495 g/mol. The summed E-state index contributed by atoms with van der Waals surface area (Å²) in [4.78, 5) is 10.1. The number of aliphatic imine (C=N–C) groups is 1. The van der Waals surface area contributed by atoms with Crippen molar-refractivity contribution in [1.29, 1.82) is 0 Å². The van der Waals surface area contributed by atoms with E-state index in [0.717, 1.165) is 33.5 Å². The predicted molar refractivity (Wildman–Crippen MR) is 131 cm³/mol. The molecule has 0 radical (unpaired) electrons. The van der Waals surface area contributed by atoms with Crippen molar-refractivity contribution in [2.45, 2.75) is 33.5 Å². The first-order chi connectivity index (χ1) is 13.6. The molecule has 2 N–H and O–H groups in total. The number of benzene rings is 2. The summed E-state index contributed by atoms with van der Waals surface area (Å²) in [6.45, 7) is 6.07. The van der Waals surface area contributed by atoms with Gasteiger partial charge in [-0.3, -0.25) is 4.99 Å². The summed E-state index contributed by atoms with van der Waals surface area (Å²) in [6, 6.07) is 18.3. The minimum absolute atomic E-state index is 0. The van der Waals surface area contributed by atoms with Crippen molar-refractivity contribution in [3.63, 3.8) is 0 Å². The molecule has 0 atom stereocenters. The van der Waals surface area contributed by atoms with Gasteiger partial charge in [-0.05, 0) is 37.1 Å². The van der Waals surface area contributed by atoms with Gasteiger partial charge in [0, 0.05) is 18.5 Å². The van der Waals surface area contributed by atoms with Gasteiger partial charge >= 0.3 is 0 Å². The van der Waals surface area contributed by atoms with Crippen LogP contribution in [0.5, 0.6) is 5.75 Å². The Kier molecular flexibility index (Phi) is 9.40. The minimum atomic E-state index is 0. The molecule has 0 aliphatic heterocycles. The standard InChI is InChI=1S/C22H26N4OS.HI/c1-16-17(2)28-21(26-16)14-25-22(23-3)24-13-18-9-11-20(12-10-18)27-15-19-7-5-4-6-8-19;/h4-12H,13-15H2,1-3H3,(H2,23,24,25);1H. The highest BCUT2D eigenvalue weighted by Crippen LogP contribution is 2.16. The SMILES string of the molecule is CN=C(NCc1ccc(OCc2ccccc2)cc1)NCc1nc(C)c(C)s1.I. The average Bonchev–Trinajstić information content (AvgIpc) is 3.05. The van der Waals surface area contributed by atoms with Gasteiger partial charge in [-0.2, -0.15) is 0 Å². The maximum absolute atomic E-state index is 5.83. The van der Waals surface area contributed by atoms with Crippen molar-refractivity contribution in [2.24, 2.45) is 4.99 Å². The zero-order chi connectivity index (χ0) is 19.8. The van der Waals surface area contributed by atoms with Crippen LogP contribution in [0.4, 0.5) is 0 Å². The van der Waals surface area contributed by atoms with Crippen LogP contribution in [0.15, 0.2) is 59.6 Å². The van der Waals surface area contributed by atoms with Crippen LogP contribution in [0.2, 0.25) is 0 Å². The van der Waals surface area contributed by atoms with Gasteiger partial charge in [-0.1, -0.05) is 42.5 Å². The Balaban J connectivity index is 0.00000300. The first-order valence-corrected chi connectivity index (χ1v) is 10.1. The number of nitrogens with one attached hydrogen (secondary N) is 2. The number of thiazole rings is 1. The predicted octanol–water partition coefficient (Wildman–Crippen LogP) is 4.82. The van der Waals surface area contributed by atoms with Gasteiger partial charge in [0.05, 0.1) is 12.2 Å². The van der Waals surface area contributed by atoms with Crippen LogP contribution in [-0.4, -0.2) is 18.0 Å². The van der Waals surface area contributed by atoms with Gasteiger partial charge in [0.2, 0.25) is 0 Å². The van der Waals surface area contributed by atoms with Crippen molar-refractivity contribution >= 4 is 41.3 Å². The van der Waals surface area contributed by atoms with E-state index in [1.807, 2.05) is 37.3 Å². The third kappa shape index (κ3) is 7.32. The monoisotopic (exact) mass is 522 g/mol. The van der Waals surface area contributed by atoms with Gasteiger partial charge in [-0.25, -0.2) is 4.98 Å². The molecule has 0 amide bonds. The maximum atomic E-state index is 5.83. The van der Waals surface area contributed by atoms with Crippen molar-refractivity contribution in [2.75, 3.05) is 7.05 Å². The summed E-state index contributed by atoms with van der Waals surface area (Å²) >= 11 is 1.72. The van der Waals surface area contributed by atoms with E-state index in [1.54, 1.807) is 18.4 Å². The largest absolute Gasteiger partial charge is 0.489 e. The summed E-state index contributed by atoms with van der Waals surface area (Å²) < 4.78 is 5.83. The molecule has 0 spiro atoms. The Labute approximate surface area is 193 Å². The number of hydrogen-bond acceptors (Lipinski definition) is 4. The molecule has 0 saturated carbocycles. The van der Waals surface area contributed by atoms with Gasteiger partial charge in [-0.15, -0.1) is 35.3 Å². The van der Waals surface area contributed by atoms with Crippen molar-refractivity contribution in [3.8, 4) is 5.75 Å². The normalized spacial score (nSPS) is 10.9. The second-order valence-corrected chi connectivity index (χ2v) is 7.73. The van der Waals surface area contributed by atoms with Gasteiger partial charge in [0.1, 0.15) is 17.4 Å². The molecule has 2 aromatic carbocycles. The Morgan fingerprint density at radius 2 is 1.66 bits per heavy atom. The first-order valence-electron chi connectivity index (χ1n) is 9.27. The van der Waals surface area contributed by atoms with Gasteiger partial charge in [0.15, 0.2) is 5.96 Å². The molecule has 3 rings (SSSR count). The third-order valence-electron chi connectivity index (χ3n) is 4.34. The lowest BCUT2D eigenvalue weighted by molar-refractivity contribution is 0.306. The van der Waals surface area contributed by atoms with Crippen molar-refractivity contribution < 1.29 is 4.74 Å². The molecule has 7 heteroatoms. The number of rotatable bonds is 7. The summed E-state index contributed by atoms with van der Waals surface area (Å²) in [7, 11) is 1.77. The van der Waals surface area contributed by atoms with E-state index in [4.69, 9.17) is 4.74 Å². The number of hydrogen-bond donors (Lipinski definition) is 2. The second-order valence-electron chi connectivity index (χ2n) is 6.45. The third-order valence-corrected chi connectivity index (χ3v) is 5.41. The lowest BCUT2D eigenvalue weighted by atomic mass is 10.2. The molecule has 3 aromatic rings. The van der Waals surface area contributed by atoms with Crippen LogP contribution >= 0.6 is 35.3 Å². The van der Waals surface area contributed by atoms with E-state index >= 15 is 0 Å². The van der Waals surface area contributed by atoms with Crippen LogP contribution in [0.1, 0.15) is 26.7 Å². The van der Waals surface area contributed by atoms with E-state index in [2.05, 4.69) is 51.8 Å². The lowest BCUT2D eigenvalue weighted by Crippen LogP contribution is -2.36. The second kappa shape index (κ2) is 11.8. The van der Waals surface area contributed by atoms with Crippen molar-refractivity contribution in [1.82, 2.24) is 15.6 Å². The Morgan fingerprint density at radius 3 is 2.28 bits per heavy atom. The topological polar surface area (TPSA) is 58.5 Å². The molecule has 0 aliphatic rings. The van der Waals surface area contributed by atoms with Gasteiger partial charge < -0.3 is 15.4 Å². The van der Waals surface area contributed by atoms with Crippen LogP contribution in [0.25, 0.3) is 0 Å². The van der Waals surface area contributed by atoms with Crippen LogP contribution in [-0.2, 0) is 19.7 Å². The van der Waals surface area contributed by atoms with E-state index in [9.17, 15) is 0 Å². The Morgan fingerprint density at radius 1 is 0.966 bits per heavy atom. The highest BCUT2D eigenvalue weighted by molar-refractivity contribution is 14.0. The first kappa shape index (κ1) is 23.2. The molecule has 1 aromatic heterocycles. The number of aromatic nitrogens is 1. The molecule has 154 valence electrons. The number of aryl methyl sites for hydroxylation is 2. The quantitative estimate of drug-likeness (QED) is 0.266. The summed E-state index contributed by atoms with van der Waals surface area (Å²) in [6.07, 6.45) is 0. The van der Waals surface area contributed by atoms with Crippen LogP contribution in [0.3, 0.4) is 0 Å². The molecule has 0 aliphatic carbocycles. The zero-order valence-corrected chi connectivity index (χ0v) is 20.1. The summed E-state index contributed by atoms with van der Waals surface area (Å²) in [5.74, 6) is 1.62. The van der Waals surface area contributed by atoms with Crippen LogP contribution in [0, 0.1) is 13.8 Å². The molecule has 0 bridgehead atoms. The van der Waals surface area contributed by atoms with E-state index in [-0.39, 0.29) is 24.0 Å². The number of halogens is 1. The lowest BCUT2D eigenvalue weighted by Gasteiger charge is -2.11. The molecule has 0 fully saturated rings. The average molecular weight is 522 g/mol. The minimum Gasteiger partial charge on any atom is -0.489 e. The molecular formula is C22H27IN4OS. The molecule has 1 heterocycles. The van der Waals surface area contributed by atoms with E-state index < -0.39 is 0 Å². The summed E-state index contributed by atoms with van der Waals surface area (Å²) in [5.41, 5.74) is 3.42. The van der Waals surface area contributed by atoms with E-state index in [1.165, 1.54) is 4.88 Å².